The van der Waals surface area contributed by atoms with Gasteiger partial charge in [0.1, 0.15) is 0 Å². The molecule has 0 aliphatic heterocycles. The Morgan fingerprint density at radius 2 is 2.16 bits per heavy atom. The third-order valence-electron chi connectivity index (χ3n) is 2.50. The zero-order valence-electron chi connectivity index (χ0n) is 9.88. The topological polar surface area (TPSA) is 89.7 Å². The van der Waals surface area contributed by atoms with Gasteiger partial charge in [0, 0.05) is 6.07 Å². The number of carbonyl (C=O) groups is 1. The molecule has 1 aromatic carbocycles. The molecule has 0 spiro atoms. The van der Waals surface area contributed by atoms with E-state index in [-0.39, 0.29) is 12.0 Å². The Bertz CT molecular complexity index is 492. The van der Waals surface area contributed by atoms with E-state index in [4.69, 9.17) is 5.11 Å². The maximum atomic E-state index is 12.1. The van der Waals surface area contributed by atoms with Gasteiger partial charge in [-0.25, -0.2) is 0 Å². The van der Waals surface area contributed by atoms with Crippen molar-refractivity contribution in [3.8, 4) is 5.75 Å². The van der Waals surface area contributed by atoms with Crippen molar-refractivity contribution in [2.45, 2.75) is 25.9 Å². The van der Waals surface area contributed by atoms with Crippen LogP contribution in [0.4, 0.5) is 14.5 Å². The number of nitro groups is 1. The quantitative estimate of drug-likeness (QED) is 0.636. The summed E-state index contributed by atoms with van der Waals surface area (Å²) in [4.78, 5) is 20.8. The number of nitrogens with zero attached hydrogens (tertiary/aromatic N) is 1. The molecule has 0 fully saturated rings. The van der Waals surface area contributed by atoms with Crippen LogP contribution in [-0.2, 0) is 4.79 Å². The van der Waals surface area contributed by atoms with Gasteiger partial charge in [-0.3, -0.25) is 14.9 Å². The Balaban J connectivity index is 3.22. The Morgan fingerprint density at radius 3 is 2.58 bits per heavy atom. The average molecular weight is 275 g/mol. The summed E-state index contributed by atoms with van der Waals surface area (Å²) < 4.78 is 28.2. The molecule has 1 N–H and O–H groups in total. The molecule has 8 heteroatoms. The fraction of sp³-hybridized carbons (Fsp3) is 0.364. The summed E-state index contributed by atoms with van der Waals surface area (Å²) >= 11 is 0. The molecule has 0 radical (unpaired) electrons. The lowest BCUT2D eigenvalue weighted by Gasteiger charge is -2.11. The second-order valence-electron chi connectivity index (χ2n) is 3.66. The Hall–Kier alpha value is -2.25. The molecule has 0 bridgehead atoms. The minimum Gasteiger partial charge on any atom is -0.481 e. The van der Waals surface area contributed by atoms with E-state index in [2.05, 4.69) is 4.74 Å². The first kappa shape index (κ1) is 14.8. The van der Waals surface area contributed by atoms with Crippen LogP contribution < -0.4 is 4.74 Å². The Morgan fingerprint density at radius 1 is 1.53 bits per heavy atom. The Kier molecular flexibility index (Phi) is 4.74. The van der Waals surface area contributed by atoms with E-state index in [1.165, 1.54) is 6.07 Å². The normalized spacial score (nSPS) is 12.2. The van der Waals surface area contributed by atoms with E-state index in [9.17, 15) is 23.7 Å². The standard InChI is InChI=1S/C11H11F2NO5/c1-2-7(10(15)16)6-3-4-9(19-11(12)13)8(5-6)14(17)18/h3-5,7,11H,2H2,1H3,(H,15,16). The molecule has 1 aromatic rings. The van der Waals surface area contributed by atoms with Gasteiger partial charge in [0.2, 0.25) is 5.75 Å². The average Bonchev–Trinajstić information content (AvgIpc) is 2.30. The summed E-state index contributed by atoms with van der Waals surface area (Å²) in [6.45, 7) is -1.58. The molecule has 0 aliphatic rings. The first-order valence-electron chi connectivity index (χ1n) is 5.32. The van der Waals surface area contributed by atoms with Gasteiger partial charge in [0.15, 0.2) is 0 Å². The number of ether oxygens (including phenoxy) is 1. The van der Waals surface area contributed by atoms with Gasteiger partial charge in [0.25, 0.3) is 0 Å². The highest BCUT2D eigenvalue weighted by Crippen LogP contribution is 2.32. The summed E-state index contributed by atoms with van der Waals surface area (Å²) in [5.74, 6) is -2.66. The highest BCUT2D eigenvalue weighted by atomic mass is 19.3. The van der Waals surface area contributed by atoms with Crippen LogP contribution in [0.3, 0.4) is 0 Å². The van der Waals surface area contributed by atoms with Gasteiger partial charge in [-0.1, -0.05) is 13.0 Å². The van der Waals surface area contributed by atoms with Gasteiger partial charge < -0.3 is 9.84 Å². The van der Waals surface area contributed by atoms with Gasteiger partial charge in [-0.2, -0.15) is 8.78 Å². The predicted octanol–water partition coefficient (Wildman–Crippen LogP) is 2.77. The molecule has 0 heterocycles. The van der Waals surface area contributed by atoms with E-state index in [0.29, 0.717) is 0 Å². The second kappa shape index (κ2) is 6.07. The van der Waals surface area contributed by atoms with E-state index >= 15 is 0 Å². The molecule has 0 saturated heterocycles. The lowest BCUT2D eigenvalue weighted by molar-refractivity contribution is -0.386. The molecule has 0 aromatic heterocycles. The lowest BCUT2D eigenvalue weighted by atomic mass is 9.96. The minimum atomic E-state index is -3.19. The second-order valence-corrected chi connectivity index (χ2v) is 3.66. The number of rotatable bonds is 6. The summed E-state index contributed by atoms with van der Waals surface area (Å²) in [7, 11) is 0. The van der Waals surface area contributed by atoms with Gasteiger partial charge in [0.05, 0.1) is 10.8 Å². The van der Waals surface area contributed by atoms with Gasteiger partial charge in [-0.15, -0.1) is 0 Å². The number of carboxylic acids is 1. The van der Waals surface area contributed by atoms with Crippen LogP contribution in [0.5, 0.6) is 5.75 Å². The van der Waals surface area contributed by atoms with Crippen molar-refractivity contribution < 1.29 is 28.3 Å². The molecule has 6 nitrogen and oxygen atoms in total. The highest BCUT2D eigenvalue weighted by Gasteiger charge is 2.24. The van der Waals surface area contributed by atoms with Gasteiger partial charge >= 0.3 is 18.3 Å². The van der Waals surface area contributed by atoms with Crippen LogP contribution >= 0.6 is 0 Å². The number of aliphatic carboxylic acids is 1. The number of benzene rings is 1. The maximum Gasteiger partial charge on any atom is 0.387 e. The molecule has 19 heavy (non-hydrogen) atoms. The Labute approximate surface area is 106 Å². The summed E-state index contributed by atoms with van der Waals surface area (Å²) in [6, 6.07) is 3.15. The lowest BCUT2D eigenvalue weighted by Crippen LogP contribution is -2.11. The number of hydrogen-bond donors (Lipinski definition) is 1. The van der Waals surface area contributed by atoms with E-state index in [0.717, 1.165) is 12.1 Å². The molecular weight excluding hydrogens is 264 g/mol. The van der Waals surface area contributed by atoms with Crippen LogP contribution in [0.2, 0.25) is 0 Å². The molecule has 0 aliphatic carbocycles. The first-order valence-corrected chi connectivity index (χ1v) is 5.32. The molecule has 1 rings (SSSR count). The highest BCUT2D eigenvalue weighted by molar-refractivity contribution is 5.76. The fourth-order valence-electron chi connectivity index (χ4n) is 1.64. The molecule has 1 unspecified atom stereocenters. The number of nitro benzene ring substituents is 1. The monoisotopic (exact) mass is 275 g/mol. The molecule has 0 saturated carbocycles. The molecular formula is C11H11F2NO5. The van der Waals surface area contributed by atoms with Crippen LogP contribution in [0.25, 0.3) is 0 Å². The van der Waals surface area contributed by atoms with Crippen molar-refractivity contribution in [1.82, 2.24) is 0 Å². The van der Waals surface area contributed by atoms with E-state index in [1.807, 2.05) is 0 Å². The first-order chi connectivity index (χ1) is 8.86. The predicted molar refractivity (Wildman–Crippen MR) is 60.4 cm³/mol. The van der Waals surface area contributed by atoms with E-state index < -0.39 is 34.9 Å². The third-order valence-corrected chi connectivity index (χ3v) is 2.50. The van der Waals surface area contributed by atoms with Crippen molar-refractivity contribution in [2.75, 3.05) is 0 Å². The number of halogens is 2. The van der Waals surface area contributed by atoms with Crippen LogP contribution in [0.15, 0.2) is 18.2 Å². The van der Waals surface area contributed by atoms with Crippen molar-refractivity contribution in [2.24, 2.45) is 0 Å². The number of carboxylic acid groups (broad SMARTS) is 1. The van der Waals surface area contributed by atoms with Crippen LogP contribution in [0, 0.1) is 10.1 Å². The zero-order valence-corrected chi connectivity index (χ0v) is 9.88. The van der Waals surface area contributed by atoms with Crippen molar-refractivity contribution in [3.05, 3.63) is 33.9 Å². The molecule has 0 amide bonds. The fourth-order valence-corrected chi connectivity index (χ4v) is 1.64. The van der Waals surface area contributed by atoms with Crippen LogP contribution in [0.1, 0.15) is 24.8 Å². The minimum absolute atomic E-state index is 0.170. The van der Waals surface area contributed by atoms with Crippen molar-refractivity contribution >= 4 is 11.7 Å². The van der Waals surface area contributed by atoms with Crippen LogP contribution in [-0.4, -0.2) is 22.6 Å². The molecule has 1 atom stereocenters. The summed E-state index contributed by atoms with van der Waals surface area (Å²) in [5.41, 5.74) is -0.513. The summed E-state index contributed by atoms with van der Waals surface area (Å²) in [5, 5.41) is 19.7. The smallest absolute Gasteiger partial charge is 0.387 e. The number of hydrogen-bond acceptors (Lipinski definition) is 4. The van der Waals surface area contributed by atoms with Crippen molar-refractivity contribution in [1.29, 1.82) is 0 Å². The summed E-state index contributed by atoms with van der Waals surface area (Å²) in [6.07, 6.45) is 0.224. The SMILES string of the molecule is CCC(C(=O)O)c1ccc(OC(F)F)c([N+](=O)[O-])c1. The largest absolute Gasteiger partial charge is 0.481 e. The molecule has 104 valence electrons. The zero-order chi connectivity index (χ0) is 14.6. The van der Waals surface area contributed by atoms with Gasteiger partial charge in [-0.05, 0) is 18.1 Å². The van der Waals surface area contributed by atoms with Crippen molar-refractivity contribution in [3.63, 3.8) is 0 Å². The van der Waals surface area contributed by atoms with E-state index in [1.54, 1.807) is 6.92 Å². The maximum absolute atomic E-state index is 12.1. The number of alkyl halides is 2. The third kappa shape index (κ3) is 3.60.